The molecule has 1 aromatic carbocycles. The molecule has 0 saturated carbocycles. The summed E-state index contributed by atoms with van der Waals surface area (Å²) < 4.78 is 59.2. The highest BCUT2D eigenvalue weighted by Crippen LogP contribution is 2.34. The molecule has 0 spiro atoms. The zero-order chi connectivity index (χ0) is 23.6. The molecule has 1 heterocycles. The first-order valence-corrected chi connectivity index (χ1v) is 13.4. The molecule has 0 unspecified atom stereocenters. The first-order valence-electron chi connectivity index (χ1n) is 10.1. The number of nitrogens with zero attached hydrogens (tertiary/aromatic N) is 2. The highest BCUT2D eigenvalue weighted by atomic mass is 32.2. The van der Waals surface area contributed by atoms with Crippen LogP contribution < -0.4 is 4.74 Å². The van der Waals surface area contributed by atoms with Crippen LogP contribution in [0, 0.1) is 23.7 Å². The van der Waals surface area contributed by atoms with E-state index in [0.29, 0.717) is 5.56 Å². The van der Waals surface area contributed by atoms with Gasteiger partial charge in [-0.2, -0.15) is 4.31 Å². The van der Waals surface area contributed by atoms with Gasteiger partial charge in [-0.15, -0.1) is 0 Å². The summed E-state index contributed by atoms with van der Waals surface area (Å²) in [6, 6.07) is 4.02. The normalized spacial score (nSPS) is 22.6. The van der Waals surface area contributed by atoms with Crippen LogP contribution in [-0.4, -0.2) is 75.7 Å². The Labute approximate surface area is 186 Å². The first kappa shape index (κ1) is 25.6. The highest BCUT2D eigenvalue weighted by Gasteiger charge is 2.38. The van der Waals surface area contributed by atoms with Crippen molar-refractivity contribution in [2.75, 3.05) is 33.0 Å². The molecule has 0 aromatic heterocycles. The molecule has 10 heteroatoms. The summed E-state index contributed by atoms with van der Waals surface area (Å²) in [7, 11) is -5.94. The molecule has 1 N–H and O–H groups in total. The molecular formula is C21H32N2O6S2. The molecule has 1 aromatic rings. The summed E-state index contributed by atoms with van der Waals surface area (Å²) in [5.74, 6) is 5.98. The Morgan fingerprint density at radius 2 is 1.97 bits per heavy atom. The van der Waals surface area contributed by atoms with Crippen molar-refractivity contribution >= 4 is 20.0 Å². The number of rotatable bonds is 5. The van der Waals surface area contributed by atoms with Gasteiger partial charge in [-0.1, -0.05) is 32.6 Å². The summed E-state index contributed by atoms with van der Waals surface area (Å²) in [5, 5.41) is 9.66. The zero-order valence-electron chi connectivity index (χ0n) is 18.9. The van der Waals surface area contributed by atoms with Crippen LogP contribution in [0.25, 0.3) is 0 Å². The molecule has 31 heavy (non-hydrogen) atoms. The van der Waals surface area contributed by atoms with E-state index in [2.05, 4.69) is 11.8 Å². The topological polar surface area (TPSA) is 104 Å². The number of likely N-dealkylation sites (N-methyl/N-ethyl adjacent to an activating group) is 1. The third-order valence-corrected chi connectivity index (χ3v) is 8.48. The maximum atomic E-state index is 13.4. The average Bonchev–Trinajstić information content (AvgIpc) is 2.67. The Morgan fingerprint density at radius 3 is 2.52 bits per heavy atom. The van der Waals surface area contributed by atoms with Crippen LogP contribution in [0.1, 0.15) is 33.3 Å². The van der Waals surface area contributed by atoms with E-state index in [9.17, 15) is 21.9 Å². The summed E-state index contributed by atoms with van der Waals surface area (Å²) in [5.41, 5.74) is 0.604. The third-order valence-electron chi connectivity index (χ3n) is 5.18. The number of aliphatic hydroxyl groups excluding tert-OH is 1. The SMILES string of the molecule is CC(C)C#Cc1ccc2c(c1)O[C@@H](CN(C)S(C)(=O)=O)[C@H](C)CN([C@@H](C)CO)S2(=O)=O. The molecule has 174 valence electrons. The van der Waals surface area contributed by atoms with Gasteiger partial charge in [0.2, 0.25) is 20.0 Å². The van der Waals surface area contributed by atoms with Gasteiger partial charge in [0.25, 0.3) is 0 Å². The van der Waals surface area contributed by atoms with Gasteiger partial charge in [-0.25, -0.2) is 21.1 Å². The molecule has 8 nitrogen and oxygen atoms in total. The van der Waals surface area contributed by atoms with Crippen molar-refractivity contribution < 1.29 is 26.7 Å². The van der Waals surface area contributed by atoms with E-state index in [1.54, 1.807) is 26.0 Å². The lowest BCUT2D eigenvalue weighted by Crippen LogP contribution is -2.50. The second kappa shape index (κ2) is 9.88. The van der Waals surface area contributed by atoms with Crippen molar-refractivity contribution in [1.29, 1.82) is 0 Å². The average molecular weight is 473 g/mol. The molecule has 0 saturated heterocycles. The van der Waals surface area contributed by atoms with E-state index in [0.717, 1.165) is 6.26 Å². The molecule has 0 aliphatic carbocycles. The van der Waals surface area contributed by atoms with Gasteiger partial charge in [-0.05, 0) is 25.1 Å². The van der Waals surface area contributed by atoms with E-state index < -0.39 is 32.2 Å². The van der Waals surface area contributed by atoms with Crippen LogP contribution in [0.15, 0.2) is 23.1 Å². The van der Waals surface area contributed by atoms with E-state index in [1.807, 2.05) is 13.8 Å². The Kier molecular flexibility index (Phi) is 8.16. The predicted molar refractivity (Wildman–Crippen MR) is 120 cm³/mol. The molecule has 1 aliphatic heterocycles. The van der Waals surface area contributed by atoms with Crippen LogP contribution in [0.5, 0.6) is 5.75 Å². The lowest BCUT2D eigenvalue weighted by atomic mass is 10.0. The maximum Gasteiger partial charge on any atom is 0.247 e. The molecular weight excluding hydrogens is 440 g/mol. The lowest BCUT2D eigenvalue weighted by Gasteiger charge is -2.37. The minimum absolute atomic E-state index is 0.0261. The quantitative estimate of drug-likeness (QED) is 0.649. The lowest BCUT2D eigenvalue weighted by molar-refractivity contribution is 0.0905. The summed E-state index contributed by atoms with van der Waals surface area (Å²) >= 11 is 0. The number of fused-ring (bicyclic) bond motifs is 1. The van der Waals surface area contributed by atoms with E-state index in [4.69, 9.17) is 4.74 Å². The Hall–Kier alpha value is -1.64. The third kappa shape index (κ3) is 6.20. The summed E-state index contributed by atoms with van der Waals surface area (Å²) in [6.45, 7) is 7.15. The zero-order valence-corrected chi connectivity index (χ0v) is 20.5. The standard InChI is InChI=1S/C21H32N2O6S2/c1-15(2)7-8-18-9-10-21-19(11-18)29-20(13-22(5)30(6,25)26)16(3)12-23(17(4)14-24)31(21,27)28/h9-11,15-17,20,24H,12-14H2,1-6H3/t16-,17+,20+/m1/s1. The number of hydrogen-bond acceptors (Lipinski definition) is 6. The number of aliphatic hydroxyl groups is 1. The van der Waals surface area contributed by atoms with Gasteiger partial charge in [0, 0.05) is 37.0 Å². The number of hydrogen-bond donors (Lipinski definition) is 1. The fourth-order valence-corrected chi connectivity index (χ4v) is 5.38. The van der Waals surface area contributed by atoms with Crippen LogP contribution in [0.4, 0.5) is 0 Å². The van der Waals surface area contributed by atoms with E-state index in [-0.39, 0.29) is 42.2 Å². The van der Waals surface area contributed by atoms with E-state index in [1.165, 1.54) is 21.7 Å². The monoisotopic (exact) mass is 472 g/mol. The molecule has 0 radical (unpaired) electrons. The first-order chi connectivity index (χ1) is 14.3. The Balaban J connectivity index is 2.62. The van der Waals surface area contributed by atoms with Crippen molar-refractivity contribution in [3.63, 3.8) is 0 Å². The number of ether oxygens (including phenoxy) is 1. The van der Waals surface area contributed by atoms with E-state index >= 15 is 0 Å². The van der Waals surface area contributed by atoms with Crippen molar-refractivity contribution in [2.45, 2.75) is 44.7 Å². The Morgan fingerprint density at radius 1 is 1.32 bits per heavy atom. The van der Waals surface area contributed by atoms with Crippen molar-refractivity contribution in [3.05, 3.63) is 23.8 Å². The van der Waals surface area contributed by atoms with Crippen LogP contribution in [0.3, 0.4) is 0 Å². The maximum absolute atomic E-state index is 13.4. The van der Waals surface area contributed by atoms with Gasteiger partial charge in [-0.3, -0.25) is 0 Å². The molecule has 3 atom stereocenters. The van der Waals surface area contributed by atoms with Crippen molar-refractivity contribution in [3.8, 4) is 17.6 Å². The molecule has 0 bridgehead atoms. The predicted octanol–water partition coefficient (Wildman–Crippen LogP) is 1.35. The number of sulfonamides is 2. The van der Waals surface area contributed by atoms with Gasteiger partial charge in [0.05, 0.1) is 19.4 Å². The van der Waals surface area contributed by atoms with Crippen molar-refractivity contribution in [1.82, 2.24) is 8.61 Å². The molecule has 0 amide bonds. The highest BCUT2D eigenvalue weighted by molar-refractivity contribution is 7.89. The summed E-state index contributed by atoms with van der Waals surface area (Å²) in [6.07, 6.45) is 0.509. The van der Waals surface area contributed by atoms with Gasteiger partial charge in [0.15, 0.2) is 0 Å². The van der Waals surface area contributed by atoms with Crippen LogP contribution in [-0.2, 0) is 20.0 Å². The second-order valence-corrected chi connectivity index (χ2v) is 12.3. The fourth-order valence-electron chi connectivity index (χ4n) is 3.14. The molecule has 2 rings (SSSR count). The minimum atomic E-state index is -3.95. The molecule has 1 aliphatic rings. The smallest absolute Gasteiger partial charge is 0.247 e. The second-order valence-electron chi connectivity index (χ2n) is 8.37. The number of benzene rings is 1. The van der Waals surface area contributed by atoms with Gasteiger partial charge in [0.1, 0.15) is 16.7 Å². The fraction of sp³-hybridized carbons (Fsp3) is 0.619. The van der Waals surface area contributed by atoms with Crippen LogP contribution in [0.2, 0.25) is 0 Å². The summed E-state index contributed by atoms with van der Waals surface area (Å²) in [4.78, 5) is -0.0261. The van der Waals surface area contributed by atoms with Crippen molar-refractivity contribution in [2.24, 2.45) is 11.8 Å². The largest absolute Gasteiger partial charge is 0.487 e. The molecule has 0 fully saturated rings. The van der Waals surface area contributed by atoms with Gasteiger partial charge >= 0.3 is 0 Å². The van der Waals surface area contributed by atoms with Crippen LogP contribution >= 0.6 is 0 Å². The van der Waals surface area contributed by atoms with Gasteiger partial charge < -0.3 is 9.84 Å². The minimum Gasteiger partial charge on any atom is -0.487 e. The Bertz CT molecular complexity index is 1060.